The van der Waals surface area contributed by atoms with Gasteiger partial charge in [0, 0.05) is 24.0 Å². The van der Waals surface area contributed by atoms with Crippen molar-refractivity contribution in [1.29, 1.82) is 0 Å². The maximum Gasteiger partial charge on any atom is 0.319 e. The summed E-state index contributed by atoms with van der Waals surface area (Å²) >= 11 is 6.01. The first-order valence-electron chi connectivity index (χ1n) is 6.57. The number of hydrogen-bond acceptors (Lipinski definition) is 2. The van der Waals surface area contributed by atoms with Crippen LogP contribution in [0.2, 0.25) is 5.02 Å². The van der Waals surface area contributed by atoms with Gasteiger partial charge in [0.1, 0.15) is 0 Å². The van der Waals surface area contributed by atoms with Crippen molar-refractivity contribution in [1.82, 2.24) is 15.1 Å². The molecule has 2 N–H and O–H groups in total. The third kappa shape index (κ3) is 3.11. The summed E-state index contributed by atoms with van der Waals surface area (Å²) in [6.07, 6.45) is 5.90. The lowest BCUT2D eigenvalue weighted by molar-refractivity contribution is 0.251. The fraction of sp³-hybridized carbons (Fsp3) is 0.286. The minimum absolute atomic E-state index is 0.201. The van der Waals surface area contributed by atoms with Gasteiger partial charge in [-0.05, 0) is 43.0 Å². The second-order valence-electron chi connectivity index (χ2n) is 4.89. The average Bonchev–Trinajstić information content (AvgIpc) is 3.11. The van der Waals surface area contributed by atoms with E-state index in [-0.39, 0.29) is 6.03 Å². The molecule has 1 aliphatic rings. The Balaban J connectivity index is 1.76. The van der Waals surface area contributed by atoms with Gasteiger partial charge in [0.2, 0.25) is 0 Å². The monoisotopic (exact) mass is 290 g/mol. The normalized spacial score (nSPS) is 14.1. The lowest BCUT2D eigenvalue weighted by Crippen LogP contribution is -2.30. The Hall–Kier alpha value is -2.01. The molecule has 1 heterocycles. The van der Waals surface area contributed by atoms with Gasteiger partial charge in [-0.3, -0.25) is 0 Å². The molecule has 0 unspecified atom stereocenters. The molecular formula is C14H15ClN4O. The van der Waals surface area contributed by atoms with E-state index in [1.807, 2.05) is 6.07 Å². The van der Waals surface area contributed by atoms with E-state index in [1.165, 1.54) is 12.8 Å². The molecule has 0 atom stereocenters. The van der Waals surface area contributed by atoms with E-state index < -0.39 is 0 Å². The summed E-state index contributed by atoms with van der Waals surface area (Å²) in [7, 11) is 0. The van der Waals surface area contributed by atoms with E-state index in [9.17, 15) is 4.79 Å². The van der Waals surface area contributed by atoms with Gasteiger partial charge in [0.15, 0.2) is 0 Å². The number of rotatable bonds is 4. The summed E-state index contributed by atoms with van der Waals surface area (Å²) in [6.45, 7) is 0.733. The summed E-state index contributed by atoms with van der Waals surface area (Å²) in [5, 5.41) is 10.5. The van der Waals surface area contributed by atoms with Crippen LogP contribution in [0, 0.1) is 5.92 Å². The van der Waals surface area contributed by atoms with Crippen molar-refractivity contribution < 1.29 is 4.79 Å². The Morgan fingerprint density at radius 2 is 2.30 bits per heavy atom. The quantitative estimate of drug-likeness (QED) is 0.909. The summed E-state index contributed by atoms with van der Waals surface area (Å²) in [5.41, 5.74) is 1.41. The molecule has 20 heavy (non-hydrogen) atoms. The number of anilines is 1. The summed E-state index contributed by atoms with van der Waals surface area (Å²) < 4.78 is 1.67. The molecule has 1 saturated carbocycles. The summed E-state index contributed by atoms with van der Waals surface area (Å²) in [6, 6.07) is 6.90. The van der Waals surface area contributed by atoms with Crippen molar-refractivity contribution in [2.75, 3.05) is 11.9 Å². The Morgan fingerprint density at radius 1 is 1.45 bits per heavy atom. The molecule has 104 valence electrons. The molecule has 0 spiro atoms. The van der Waals surface area contributed by atoms with Gasteiger partial charge in [0.25, 0.3) is 0 Å². The second-order valence-corrected chi connectivity index (χ2v) is 5.33. The van der Waals surface area contributed by atoms with Crippen LogP contribution >= 0.6 is 11.6 Å². The van der Waals surface area contributed by atoms with Crippen LogP contribution in [0.25, 0.3) is 5.69 Å². The van der Waals surface area contributed by atoms with Gasteiger partial charge in [-0.2, -0.15) is 5.10 Å². The number of nitrogens with one attached hydrogen (secondary N) is 2. The molecule has 2 amide bonds. The largest absolute Gasteiger partial charge is 0.338 e. The molecular weight excluding hydrogens is 276 g/mol. The standard InChI is InChI=1S/C14H15ClN4O/c15-11-4-5-12(13(8-11)19-7-1-6-17-19)18-14(20)16-9-10-2-3-10/h1,4-8,10H,2-3,9H2,(H2,16,18,20). The molecule has 0 radical (unpaired) electrons. The highest BCUT2D eigenvalue weighted by Gasteiger charge is 2.21. The van der Waals surface area contributed by atoms with Crippen LogP contribution in [0.15, 0.2) is 36.7 Å². The predicted molar refractivity (Wildman–Crippen MR) is 78.3 cm³/mol. The lowest BCUT2D eigenvalue weighted by Gasteiger charge is -2.12. The molecule has 1 aromatic heterocycles. The zero-order valence-corrected chi connectivity index (χ0v) is 11.6. The smallest absolute Gasteiger partial charge is 0.319 e. The van der Waals surface area contributed by atoms with Gasteiger partial charge in [-0.25, -0.2) is 9.48 Å². The van der Waals surface area contributed by atoms with Crippen LogP contribution < -0.4 is 10.6 Å². The van der Waals surface area contributed by atoms with Crippen molar-refractivity contribution in [2.45, 2.75) is 12.8 Å². The maximum atomic E-state index is 11.9. The Bertz CT molecular complexity index is 608. The zero-order chi connectivity index (χ0) is 13.9. The van der Waals surface area contributed by atoms with Crippen LogP contribution in [-0.2, 0) is 0 Å². The second kappa shape index (κ2) is 5.54. The van der Waals surface area contributed by atoms with Gasteiger partial charge in [0.05, 0.1) is 11.4 Å². The number of carbonyl (C=O) groups excluding carboxylic acids is 1. The molecule has 6 heteroatoms. The number of aromatic nitrogens is 2. The zero-order valence-electron chi connectivity index (χ0n) is 10.8. The van der Waals surface area contributed by atoms with Crippen LogP contribution in [0.1, 0.15) is 12.8 Å². The molecule has 0 bridgehead atoms. The van der Waals surface area contributed by atoms with Gasteiger partial charge >= 0.3 is 6.03 Å². The highest BCUT2D eigenvalue weighted by Crippen LogP contribution is 2.28. The van der Waals surface area contributed by atoms with E-state index in [0.717, 1.165) is 12.2 Å². The number of amides is 2. The highest BCUT2D eigenvalue weighted by atomic mass is 35.5. The lowest BCUT2D eigenvalue weighted by atomic mass is 10.2. The van der Waals surface area contributed by atoms with Crippen LogP contribution in [0.5, 0.6) is 0 Å². The highest BCUT2D eigenvalue weighted by molar-refractivity contribution is 6.30. The van der Waals surface area contributed by atoms with Crippen molar-refractivity contribution in [3.05, 3.63) is 41.7 Å². The number of nitrogens with zero attached hydrogens (tertiary/aromatic N) is 2. The molecule has 0 saturated heterocycles. The van der Waals surface area contributed by atoms with E-state index in [1.54, 1.807) is 35.3 Å². The third-order valence-corrected chi connectivity index (χ3v) is 3.44. The van der Waals surface area contributed by atoms with E-state index in [2.05, 4.69) is 15.7 Å². The van der Waals surface area contributed by atoms with Crippen molar-refractivity contribution >= 4 is 23.3 Å². The molecule has 1 aliphatic carbocycles. The third-order valence-electron chi connectivity index (χ3n) is 3.21. The molecule has 3 rings (SSSR count). The topological polar surface area (TPSA) is 59.0 Å². The molecule has 0 aliphatic heterocycles. The van der Waals surface area contributed by atoms with E-state index in [0.29, 0.717) is 16.6 Å². The molecule has 1 aromatic carbocycles. The number of halogens is 1. The first-order chi connectivity index (χ1) is 9.72. The number of carbonyl (C=O) groups is 1. The van der Waals surface area contributed by atoms with E-state index in [4.69, 9.17) is 11.6 Å². The van der Waals surface area contributed by atoms with E-state index >= 15 is 0 Å². The molecule has 5 nitrogen and oxygen atoms in total. The Labute approximate surface area is 121 Å². The van der Waals surface area contributed by atoms with Crippen LogP contribution in [0.3, 0.4) is 0 Å². The van der Waals surface area contributed by atoms with Crippen LogP contribution in [0.4, 0.5) is 10.5 Å². The number of urea groups is 1. The fourth-order valence-corrected chi connectivity index (χ4v) is 2.10. The van der Waals surface area contributed by atoms with Crippen molar-refractivity contribution in [2.24, 2.45) is 5.92 Å². The first kappa shape index (κ1) is 13.0. The molecule has 1 fully saturated rings. The summed E-state index contributed by atoms with van der Waals surface area (Å²) in [4.78, 5) is 11.9. The Morgan fingerprint density at radius 3 is 3.00 bits per heavy atom. The summed E-state index contributed by atoms with van der Waals surface area (Å²) in [5.74, 6) is 0.650. The first-order valence-corrected chi connectivity index (χ1v) is 6.94. The van der Waals surface area contributed by atoms with Gasteiger partial charge < -0.3 is 10.6 Å². The van der Waals surface area contributed by atoms with Gasteiger partial charge in [-0.15, -0.1) is 0 Å². The number of hydrogen-bond donors (Lipinski definition) is 2. The predicted octanol–water partition coefficient (Wildman–Crippen LogP) is 3.06. The maximum absolute atomic E-state index is 11.9. The van der Waals surface area contributed by atoms with Crippen molar-refractivity contribution in [3.63, 3.8) is 0 Å². The van der Waals surface area contributed by atoms with Crippen molar-refractivity contribution in [3.8, 4) is 5.69 Å². The Kier molecular flexibility index (Phi) is 3.60. The minimum Gasteiger partial charge on any atom is -0.338 e. The van der Waals surface area contributed by atoms with Crippen LogP contribution in [-0.4, -0.2) is 22.4 Å². The van der Waals surface area contributed by atoms with Gasteiger partial charge in [-0.1, -0.05) is 11.6 Å². The minimum atomic E-state index is -0.201. The average molecular weight is 291 g/mol. The SMILES string of the molecule is O=C(NCC1CC1)Nc1ccc(Cl)cc1-n1cccn1. The number of benzene rings is 1. The fourth-order valence-electron chi connectivity index (χ4n) is 1.94. The molecule has 2 aromatic rings.